The third-order valence-electron chi connectivity index (χ3n) is 2.91. The van der Waals surface area contributed by atoms with Crippen LogP contribution in [0, 0.1) is 0 Å². The normalized spacial score (nSPS) is 11.0. The predicted octanol–water partition coefficient (Wildman–Crippen LogP) is 5.26. The molecule has 2 aromatic heterocycles. The summed E-state index contributed by atoms with van der Waals surface area (Å²) in [6, 6.07) is 8.27. The first-order valence-corrected chi connectivity index (χ1v) is 7.30. The molecule has 0 amide bonds. The van der Waals surface area contributed by atoms with Gasteiger partial charge in [-0.3, -0.25) is 0 Å². The van der Waals surface area contributed by atoms with Gasteiger partial charge in [0, 0.05) is 10.6 Å². The molecule has 7 heteroatoms. The van der Waals surface area contributed by atoms with E-state index in [9.17, 15) is 9.90 Å². The molecule has 0 bridgehead atoms. The first-order valence-electron chi connectivity index (χ1n) is 5.75. The van der Waals surface area contributed by atoms with Crippen molar-refractivity contribution in [3.63, 3.8) is 0 Å². The number of carbonyl (C=O) groups is 1. The van der Waals surface area contributed by atoms with E-state index in [4.69, 9.17) is 27.6 Å². The lowest BCUT2D eigenvalue weighted by Crippen LogP contribution is -1.97. The lowest BCUT2D eigenvalue weighted by atomic mass is 10.1. The van der Waals surface area contributed by atoms with Crippen LogP contribution in [0.25, 0.3) is 22.4 Å². The second-order valence-electron chi connectivity index (χ2n) is 4.23. The summed E-state index contributed by atoms with van der Waals surface area (Å²) in [6.07, 6.45) is 0. The second-order valence-corrected chi connectivity index (χ2v) is 5.88. The summed E-state index contributed by atoms with van der Waals surface area (Å²) in [4.78, 5) is 15.6. The van der Waals surface area contributed by atoms with Gasteiger partial charge in [-0.2, -0.15) is 4.98 Å². The predicted molar refractivity (Wildman–Crippen MR) is 84.1 cm³/mol. The molecule has 0 fully saturated rings. The van der Waals surface area contributed by atoms with Crippen LogP contribution < -0.4 is 0 Å². The Morgan fingerprint density at radius 1 is 1.24 bits per heavy atom. The van der Waals surface area contributed by atoms with Crippen molar-refractivity contribution in [1.82, 2.24) is 4.98 Å². The average Bonchev–Trinajstić information content (AvgIpc) is 2.78. The van der Waals surface area contributed by atoms with E-state index < -0.39 is 5.97 Å². The van der Waals surface area contributed by atoms with Crippen LogP contribution in [0.4, 0.5) is 0 Å². The summed E-state index contributed by atoms with van der Waals surface area (Å²) < 4.78 is 6.08. The molecule has 0 unspecified atom stereocenters. The molecule has 0 atom stereocenters. The molecule has 1 aromatic carbocycles. The molecule has 21 heavy (non-hydrogen) atoms. The number of halogens is 3. The van der Waals surface area contributed by atoms with Crippen LogP contribution in [0.5, 0.6) is 0 Å². The lowest BCUT2D eigenvalue weighted by Gasteiger charge is -1.99. The molecule has 2 heterocycles. The molecule has 106 valence electrons. The van der Waals surface area contributed by atoms with Gasteiger partial charge in [-0.15, -0.1) is 0 Å². The minimum Gasteiger partial charge on any atom is -0.478 e. The largest absolute Gasteiger partial charge is 0.478 e. The first kappa shape index (κ1) is 14.4. The van der Waals surface area contributed by atoms with Gasteiger partial charge < -0.3 is 9.52 Å². The van der Waals surface area contributed by atoms with Gasteiger partial charge in [0.05, 0.1) is 9.86 Å². The molecule has 0 aliphatic carbocycles. The number of hydrogen-bond acceptors (Lipinski definition) is 3. The molecule has 4 nitrogen and oxygen atoms in total. The number of aromatic nitrogens is 1. The molecule has 3 rings (SSSR count). The number of hydrogen-bond donors (Lipinski definition) is 1. The molecular weight excluding hydrogens is 381 g/mol. The number of aromatic carboxylic acids is 1. The number of nitrogens with zero attached hydrogens (tertiary/aromatic N) is 1. The third-order valence-corrected chi connectivity index (χ3v) is 4.29. The van der Waals surface area contributed by atoms with Gasteiger partial charge in [0.15, 0.2) is 5.76 Å². The van der Waals surface area contributed by atoms with Crippen LogP contribution in [0.1, 0.15) is 10.4 Å². The van der Waals surface area contributed by atoms with Crippen LogP contribution in [0.2, 0.25) is 10.2 Å². The Bertz CT molecular complexity index is 859. The Morgan fingerprint density at radius 3 is 2.52 bits per heavy atom. The van der Waals surface area contributed by atoms with Crippen LogP contribution in [-0.4, -0.2) is 16.1 Å². The maximum atomic E-state index is 11.6. The van der Waals surface area contributed by atoms with E-state index >= 15 is 0 Å². The number of carboxylic acid groups (broad SMARTS) is 1. The molecule has 0 saturated carbocycles. The molecule has 0 aliphatic heterocycles. The zero-order valence-electron chi connectivity index (χ0n) is 10.2. The second kappa shape index (κ2) is 5.33. The number of benzene rings is 1. The van der Waals surface area contributed by atoms with Gasteiger partial charge in [0.25, 0.3) is 0 Å². The van der Waals surface area contributed by atoms with E-state index in [2.05, 4.69) is 20.9 Å². The SMILES string of the molecule is O=C(O)c1c(-c2ccc(Cl)cc2)oc2nc(Cl)c(Br)cc12. The van der Waals surface area contributed by atoms with Gasteiger partial charge in [-0.1, -0.05) is 23.2 Å². The van der Waals surface area contributed by atoms with Crippen molar-refractivity contribution in [1.29, 1.82) is 0 Å². The van der Waals surface area contributed by atoms with Gasteiger partial charge in [0.2, 0.25) is 5.71 Å². The van der Waals surface area contributed by atoms with Crippen LogP contribution in [-0.2, 0) is 0 Å². The van der Waals surface area contributed by atoms with E-state index in [0.717, 1.165) is 0 Å². The molecule has 1 N–H and O–H groups in total. The zero-order chi connectivity index (χ0) is 15.1. The highest BCUT2D eigenvalue weighted by atomic mass is 79.9. The quantitative estimate of drug-likeness (QED) is 0.610. The van der Waals surface area contributed by atoms with Gasteiger partial charge >= 0.3 is 5.97 Å². The topological polar surface area (TPSA) is 63.3 Å². The zero-order valence-corrected chi connectivity index (χ0v) is 13.3. The number of furan rings is 1. The minimum atomic E-state index is -1.10. The lowest BCUT2D eigenvalue weighted by molar-refractivity contribution is 0.0699. The maximum absolute atomic E-state index is 11.6. The number of pyridine rings is 1. The standard InChI is InChI=1S/C14H6BrCl2NO3/c15-9-5-8-10(14(19)20)11(21-13(8)18-12(9)17)6-1-3-7(16)4-2-6/h1-5H,(H,19,20). The summed E-state index contributed by atoms with van der Waals surface area (Å²) in [5.41, 5.74) is 0.810. The van der Waals surface area contributed by atoms with Crippen molar-refractivity contribution in [3.05, 3.63) is 50.5 Å². The number of carboxylic acids is 1. The Hall–Kier alpha value is -1.56. The minimum absolute atomic E-state index is 0.0391. The molecular formula is C14H6BrCl2NO3. The highest BCUT2D eigenvalue weighted by molar-refractivity contribution is 9.10. The van der Waals surface area contributed by atoms with Gasteiger partial charge in [-0.05, 0) is 46.3 Å². The monoisotopic (exact) mass is 385 g/mol. The fourth-order valence-corrected chi connectivity index (χ4v) is 2.57. The molecule has 0 aliphatic rings. The Balaban J connectivity index is 2.34. The van der Waals surface area contributed by atoms with Crippen molar-refractivity contribution < 1.29 is 14.3 Å². The third kappa shape index (κ3) is 2.52. The molecule has 3 aromatic rings. The van der Waals surface area contributed by atoms with Gasteiger partial charge in [0.1, 0.15) is 10.7 Å². The summed E-state index contributed by atoms with van der Waals surface area (Å²) in [5, 5.41) is 10.6. The smallest absolute Gasteiger partial charge is 0.340 e. The Kier molecular flexibility index (Phi) is 3.65. The summed E-state index contributed by atoms with van der Waals surface area (Å²) in [7, 11) is 0. The van der Waals surface area contributed by atoms with Crippen molar-refractivity contribution in [3.8, 4) is 11.3 Å². The summed E-state index contributed by atoms with van der Waals surface area (Å²) in [5.74, 6) is -0.884. The van der Waals surface area contributed by atoms with Crippen molar-refractivity contribution >= 4 is 56.2 Å². The Morgan fingerprint density at radius 2 is 1.90 bits per heavy atom. The maximum Gasteiger partial charge on any atom is 0.340 e. The van der Waals surface area contributed by atoms with E-state index in [1.54, 1.807) is 30.3 Å². The van der Waals surface area contributed by atoms with Crippen molar-refractivity contribution in [2.45, 2.75) is 0 Å². The first-order chi connectivity index (χ1) is 9.97. The molecule has 0 radical (unpaired) electrons. The summed E-state index contributed by atoms with van der Waals surface area (Å²) >= 11 is 15.0. The Labute approximate surface area is 137 Å². The summed E-state index contributed by atoms with van der Waals surface area (Å²) in [6.45, 7) is 0. The van der Waals surface area contributed by atoms with Gasteiger partial charge in [-0.25, -0.2) is 4.79 Å². The van der Waals surface area contributed by atoms with E-state index in [0.29, 0.717) is 20.4 Å². The average molecular weight is 387 g/mol. The fourth-order valence-electron chi connectivity index (χ4n) is 1.99. The van der Waals surface area contributed by atoms with E-state index in [1.807, 2.05) is 0 Å². The van der Waals surface area contributed by atoms with E-state index in [1.165, 1.54) is 0 Å². The highest BCUT2D eigenvalue weighted by Gasteiger charge is 2.23. The number of fused-ring (bicyclic) bond motifs is 1. The van der Waals surface area contributed by atoms with Crippen molar-refractivity contribution in [2.24, 2.45) is 0 Å². The fraction of sp³-hybridized carbons (Fsp3) is 0. The van der Waals surface area contributed by atoms with Crippen LogP contribution in [0.15, 0.2) is 39.2 Å². The number of rotatable bonds is 2. The highest BCUT2D eigenvalue weighted by Crippen LogP contribution is 2.36. The molecule has 0 spiro atoms. The van der Waals surface area contributed by atoms with E-state index in [-0.39, 0.29) is 22.2 Å². The van der Waals surface area contributed by atoms with Crippen LogP contribution >= 0.6 is 39.1 Å². The van der Waals surface area contributed by atoms with Crippen molar-refractivity contribution in [2.75, 3.05) is 0 Å². The molecule has 0 saturated heterocycles. The van der Waals surface area contributed by atoms with Crippen LogP contribution in [0.3, 0.4) is 0 Å².